The summed E-state index contributed by atoms with van der Waals surface area (Å²) in [5, 5.41) is 2.77. The number of para-hydroxylation sites is 1. The number of carbonyl (C=O) groups excluding carboxylic acids is 2. The highest BCUT2D eigenvalue weighted by atomic mass is 19.1. The van der Waals surface area contributed by atoms with E-state index in [0.29, 0.717) is 5.69 Å². The van der Waals surface area contributed by atoms with Gasteiger partial charge >= 0.3 is 5.97 Å². The highest BCUT2D eigenvalue weighted by Gasteiger charge is 2.18. The Bertz CT molecular complexity index is 794. The second-order valence-electron chi connectivity index (χ2n) is 5.69. The van der Waals surface area contributed by atoms with E-state index in [1.54, 1.807) is 12.1 Å². The summed E-state index contributed by atoms with van der Waals surface area (Å²) in [4.78, 5) is 24.0. The maximum atomic E-state index is 13.5. The number of benzene rings is 2. The van der Waals surface area contributed by atoms with Gasteiger partial charge in [-0.05, 0) is 44.0 Å². The molecule has 0 saturated carbocycles. The van der Waals surface area contributed by atoms with Gasteiger partial charge in [-0.25, -0.2) is 9.18 Å². The maximum Gasteiger partial charge on any atom is 0.331 e. The number of amides is 1. The van der Waals surface area contributed by atoms with Crippen LogP contribution in [0.15, 0.2) is 48.5 Å². The fourth-order valence-electron chi connectivity index (χ4n) is 2.27. The van der Waals surface area contributed by atoms with Crippen LogP contribution in [-0.4, -0.2) is 18.0 Å². The van der Waals surface area contributed by atoms with Crippen molar-refractivity contribution in [3.63, 3.8) is 0 Å². The van der Waals surface area contributed by atoms with Crippen LogP contribution in [0.3, 0.4) is 0 Å². The molecule has 0 aliphatic carbocycles. The number of anilines is 1. The van der Waals surface area contributed by atoms with Gasteiger partial charge in [0.15, 0.2) is 6.10 Å². The Kier molecular flexibility index (Phi) is 6.06. The van der Waals surface area contributed by atoms with Crippen LogP contribution in [0.5, 0.6) is 0 Å². The molecule has 1 atom stereocenters. The molecule has 5 heteroatoms. The number of carbonyl (C=O) groups is 2. The summed E-state index contributed by atoms with van der Waals surface area (Å²) in [5.41, 5.74) is 2.82. The fraction of sp³-hybridized carbons (Fsp3) is 0.200. The van der Waals surface area contributed by atoms with E-state index in [2.05, 4.69) is 5.32 Å². The van der Waals surface area contributed by atoms with Gasteiger partial charge in [0.2, 0.25) is 0 Å². The average Bonchev–Trinajstić information content (AvgIpc) is 2.57. The van der Waals surface area contributed by atoms with Crippen LogP contribution in [0.1, 0.15) is 23.6 Å². The zero-order chi connectivity index (χ0) is 18.4. The third-order valence-corrected chi connectivity index (χ3v) is 3.70. The molecule has 1 N–H and O–H groups in total. The first kappa shape index (κ1) is 18.4. The van der Waals surface area contributed by atoms with E-state index in [9.17, 15) is 14.0 Å². The summed E-state index contributed by atoms with van der Waals surface area (Å²) in [7, 11) is 0. The Morgan fingerprint density at radius 3 is 2.36 bits per heavy atom. The second-order valence-corrected chi connectivity index (χ2v) is 5.69. The van der Waals surface area contributed by atoms with Crippen LogP contribution in [-0.2, 0) is 14.3 Å². The number of esters is 1. The Labute approximate surface area is 146 Å². The normalized spacial score (nSPS) is 12.0. The molecule has 1 amide bonds. The number of ether oxygens (including phenoxy) is 1. The molecule has 0 saturated heterocycles. The predicted molar refractivity (Wildman–Crippen MR) is 95.5 cm³/mol. The predicted octanol–water partition coefficient (Wildman–Crippen LogP) is 4.03. The summed E-state index contributed by atoms with van der Waals surface area (Å²) in [6.07, 6.45) is 1.44. The lowest BCUT2D eigenvalue weighted by atomic mass is 10.1. The van der Waals surface area contributed by atoms with E-state index in [1.807, 2.05) is 32.0 Å². The Balaban J connectivity index is 1.97. The maximum absolute atomic E-state index is 13.5. The monoisotopic (exact) mass is 341 g/mol. The number of nitrogens with one attached hydrogen (secondary N) is 1. The zero-order valence-corrected chi connectivity index (χ0v) is 14.4. The van der Waals surface area contributed by atoms with Crippen molar-refractivity contribution in [3.8, 4) is 0 Å². The summed E-state index contributed by atoms with van der Waals surface area (Å²) >= 11 is 0. The molecule has 0 radical (unpaired) electrons. The number of hydrogen-bond donors (Lipinski definition) is 1. The molecule has 2 aromatic rings. The molecule has 0 heterocycles. The van der Waals surface area contributed by atoms with E-state index in [0.717, 1.165) is 17.2 Å². The van der Waals surface area contributed by atoms with Crippen molar-refractivity contribution in [2.45, 2.75) is 26.9 Å². The molecule has 25 heavy (non-hydrogen) atoms. The molecule has 0 fully saturated rings. The fourth-order valence-corrected chi connectivity index (χ4v) is 2.27. The largest absolute Gasteiger partial charge is 0.449 e. The van der Waals surface area contributed by atoms with Gasteiger partial charge in [0.05, 0.1) is 0 Å². The lowest BCUT2D eigenvalue weighted by Gasteiger charge is -2.15. The first-order valence-corrected chi connectivity index (χ1v) is 7.89. The molecule has 4 nitrogen and oxygen atoms in total. The van der Waals surface area contributed by atoms with Crippen molar-refractivity contribution in [1.82, 2.24) is 0 Å². The van der Waals surface area contributed by atoms with Crippen molar-refractivity contribution in [1.29, 1.82) is 0 Å². The van der Waals surface area contributed by atoms with Crippen LogP contribution in [0.2, 0.25) is 0 Å². The number of rotatable bonds is 5. The van der Waals surface area contributed by atoms with Crippen LogP contribution in [0, 0.1) is 19.7 Å². The quantitative estimate of drug-likeness (QED) is 0.660. The topological polar surface area (TPSA) is 55.4 Å². The highest BCUT2D eigenvalue weighted by Crippen LogP contribution is 2.19. The van der Waals surface area contributed by atoms with Crippen LogP contribution in [0.4, 0.5) is 10.1 Å². The summed E-state index contributed by atoms with van der Waals surface area (Å²) in [6, 6.07) is 11.7. The third-order valence-electron chi connectivity index (χ3n) is 3.70. The van der Waals surface area contributed by atoms with Gasteiger partial charge in [0, 0.05) is 17.3 Å². The zero-order valence-electron chi connectivity index (χ0n) is 14.4. The molecule has 0 aliphatic heterocycles. The molecule has 0 spiro atoms. The van der Waals surface area contributed by atoms with Crippen molar-refractivity contribution < 1.29 is 18.7 Å². The molecule has 1 unspecified atom stereocenters. The van der Waals surface area contributed by atoms with Gasteiger partial charge in [-0.2, -0.15) is 0 Å². The van der Waals surface area contributed by atoms with Gasteiger partial charge < -0.3 is 10.1 Å². The molecule has 0 aromatic heterocycles. The van der Waals surface area contributed by atoms with Crippen LogP contribution in [0.25, 0.3) is 6.08 Å². The number of aryl methyl sites for hydroxylation is 2. The summed E-state index contributed by atoms with van der Waals surface area (Å²) in [5.74, 6) is -1.58. The van der Waals surface area contributed by atoms with E-state index >= 15 is 0 Å². The van der Waals surface area contributed by atoms with Gasteiger partial charge in [-0.3, -0.25) is 4.79 Å². The first-order chi connectivity index (χ1) is 11.9. The summed E-state index contributed by atoms with van der Waals surface area (Å²) in [6.45, 7) is 5.25. The SMILES string of the molecule is Cc1cccc(C)c1NC(=O)C(C)OC(=O)/C=C/c1ccccc1F. The number of hydrogen-bond acceptors (Lipinski definition) is 3. The molecular weight excluding hydrogens is 321 g/mol. The van der Waals surface area contributed by atoms with Gasteiger partial charge in [0.1, 0.15) is 5.82 Å². The first-order valence-electron chi connectivity index (χ1n) is 7.89. The van der Waals surface area contributed by atoms with Crippen LogP contribution >= 0.6 is 0 Å². The minimum absolute atomic E-state index is 0.270. The molecule has 2 rings (SSSR count). The molecule has 130 valence electrons. The minimum atomic E-state index is -0.975. The third kappa shape index (κ3) is 5.01. The summed E-state index contributed by atoms with van der Waals surface area (Å²) < 4.78 is 18.5. The van der Waals surface area contributed by atoms with E-state index in [-0.39, 0.29) is 5.56 Å². The lowest BCUT2D eigenvalue weighted by Crippen LogP contribution is -2.30. The van der Waals surface area contributed by atoms with Crippen molar-refractivity contribution in [2.75, 3.05) is 5.32 Å². The second kappa shape index (κ2) is 8.24. The van der Waals surface area contributed by atoms with Gasteiger partial charge in [0.25, 0.3) is 5.91 Å². The minimum Gasteiger partial charge on any atom is -0.449 e. The van der Waals surface area contributed by atoms with E-state index < -0.39 is 23.8 Å². The Morgan fingerprint density at radius 1 is 1.08 bits per heavy atom. The average molecular weight is 341 g/mol. The number of halogens is 1. The Morgan fingerprint density at radius 2 is 1.72 bits per heavy atom. The highest BCUT2D eigenvalue weighted by molar-refractivity contribution is 5.97. The van der Waals surface area contributed by atoms with Crippen LogP contribution < -0.4 is 5.32 Å². The lowest BCUT2D eigenvalue weighted by molar-refractivity contribution is -0.148. The smallest absolute Gasteiger partial charge is 0.331 e. The molecular formula is C20H20FNO3. The van der Waals surface area contributed by atoms with E-state index in [1.165, 1.54) is 25.1 Å². The van der Waals surface area contributed by atoms with Crippen molar-refractivity contribution in [2.24, 2.45) is 0 Å². The molecule has 0 aliphatic rings. The molecule has 0 bridgehead atoms. The van der Waals surface area contributed by atoms with Crippen molar-refractivity contribution >= 4 is 23.6 Å². The standard InChI is InChI=1S/C20H20FNO3/c1-13-7-6-8-14(2)19(13)22-20(24)15(3)25-18(23)12-11-16-9-4-5-10-17(16)21/h4-12,15H,1-3H3,(H,22,24)/b12-11+. The van der Waals surface area contributed by atoms with Gasteiger partial charge in [-0.1, -0.05) is 36.4 Å². The Hall–Kier alpha value is -2.95. The van der Waals surface area contributed by atoms with Gasteiger partial charge in [-0.15, -0.1) is 0 Å². The van der Waals surface area contributed by atoms with E-state index in [4.69, 9.17) is 4.74 Å². The molecule has 2 aromatic carbocycles. The van der Waals surface area contributed by atoms with Crippen molar-refractivity contribution in [3.05, 3.63) is 71.0 Å².